The maximum atomic E-state index is 13.9. The lowest BCUT2D eigenvalue weighted by molar-refractivity contribution is -0.140. The Morgan fingerprint density at radius 3 is 2.57 bits per heavy atom. The molecule has 2 aromatic carbocycles. The molecule has 198 valence electrons. The van der Waals surface area contributed by atoms with Crippen molar-refractivity contribution in [2.24, 2.45) is 0 Å². The van der Waals surface area contributed by atoms with Gasteiger partial charge in [0.1, 0.15) is 11.5 Å². The lowest BCUT2D eigenvalue weighted by atomic mass is 9.90. The molecule has 2 atom stereocenters. The van der Waals surface area contributed by atoms with Crippen molar-refractivity contribution in [3.63, 3.8) is 0 Å². The highest BCUT2D eigenvalue weighted by Gasteiger charge is 2.34. The van der Waals surface area contributed by atoms with Gasteiger partial charge in [-0.25, -0.2) is 17.8 Å². The first-order valence-corrected chi connectivity index (χ1v) is 13.4. The number of hydrogen-bond acceptors (Lipinski definition) is 5. The molecule has 1 amide bonds. The molecule has 0 aliphatic heterocycles. The highest BCUT2D eigenvalue weighted by atomic mass is 32.2. The Morgan fingerprint density at radius 1 is 1.08 bits per heavy atom. The van der Waals surface area contributed by atoms with E-state index in [4.69, 9.17) is 0 Å². The number of nitrogens with one attached hydrogen (secondary N) is 3. The molecule has 0 saturated heterocycles. The Kier molecular flexibility index (Phi) is 7.58. The number of carbonyl (C=O) groups excluding carboxylic acids is 1. The number of amides is 1. The van der Waals surface area contributed by atoms with Crippen LogP contribution in [0.2, 0.25) is 0 Å². The number of rotatable bonds is 7. The van der Waals surface area contributed by atoms with Gasteiger partial charge in [0, 0.05) is 34.4 Å². The average Bonchev–Trinajstić information content (AvgIpc) is 2.84. The summed E-state index contributed by atoms with van der Waals surface area (Å²) in [4.78, 5) is 16.5. The van der Waals surface area contributed by atoms with Crippen LogP contribution >= 0.6 is 0 Å². The van der Waals surface area contributed by atoms with Crippen molar-refractivity contribution >= 4 is 38.2 Å². The number of aromatic nitrogens is 1. The largest absolute Gasteiger partial charge is 0.433 e. The molecule has 3 aromatic rings. The van der Waals surface area contributed by atoms with Crippen molar-refractivity contribution in [2.45, 2.75) is 50.9 Å². The molecule has 1 aliphatic carbocycles. The van der Waals surface area contributed by atoms with Crippen LogP contribution in [0.1, 0.15) is 48.7 Å². The van der Waals surface area contributed by atoms with E-state index < -0.39 is 27.7 Å². The number of alkyl halides is 3. The van der Waals surface area contributed by atoms with E-state index in [0.29, 0.717) is 25.7 Å². The van der Waals surface area contributed by atoms with Crippen LogP contribution in [0.4, 0.5) is 28.9 Å². The van der Waals surface area contributed by atoms with Gasteiger partial charge >= 0.3 is 6.18 Å². The summed E-state index contributed by atoms with van der Waals surface area (Å²) < 4.78 is 80.2. The van der Waals surface area contributed by atoms with Gasteiger partial charge in [-0.05, 0) is 75.1 Å². The second-order valence-corrected chi connectivity index (χ2v) is 11.0. The topological polar surface area (TPSA) is 100 Å². The third-order valence-corrected chi connectivity index (χ3v) is 7.52. The number of carbonyl (C=O) groups is 1. The van der Waals surface area contributed by atoms with Gasteiger partial charge in [0.05, 0.1) is 11.3 Å². The van der Waals surface area contributed by atoms with E-state index in [9.17, 15) is 30.8 Å². The number of hydrogen-bond donors (Lipinski definition) is 3. The smallest absolute Gasteiger partial charge is 0.382 e. The first-order chi connectivity index (χ1) is 17.4. The van der Waals surface area contributed by atoms with Crippen LogP contribution in [0, 0.1) is 5.82 Å². The highest BCUT2D eigenvalue weighted by molar-refractivity contribution is 7.92. The minimum Gasteiger partial charge on any atom is -0.382 e. The second kappa shape index (κ2) is 10.5. The Hall–Kier alpha value is -3.41. The summed E-state index contributed by atoms with van der Waals surface area (Å²) in [6.45, 7) is 1.50. The summed E-state index contributed by atoms with van der Waals surface area (Å²) in [5.41, 5.74) is -0.372. The van der Waals surface area contributed by atoms with Gasteiger partial charge in [-0.2, -0.15) is 13.2 Å². The molecular formula is C25H26F4N4O3S. The van der Waals surface area contributed by atoms with E-state index in [1.807, 2.05) is 0 Å². The molecule has 7 nitrogen and oxygen atoms in total. The second-order valence-electron chi connectivity index (χ2n) is 8.98. The van der Waals surface area contributed by atoms with E-state index >= 15 is 0 Å². The lowest BCUT2D eigenvalue weighted by Gasteiger charge is -2.31. The van der Waals surface area contributed by atoms with E-state index in [0.717, 1.165) is 18.2 Å². The van der Waals surface area contributed by atoms with Crippen molar-refractivity contribution in [3.05, 3.63) is 65.6 Å². The third kappa shape index (κ3) is 6.68. The first-order valence-electron chi connectivity index (χ1n) is 11.8. The van der Waals surface area contributed by atoms with E-state index in [1.165, 1.54) is 19.1 Å². The average molecular weight is 539 g/mol. The number of pyridine rings is 1. The van der Waals surface area contributed by atoms with E-state index in [1.54, 1.807) is 18.2 Å². The summed E-state index contributed by atoms with van der Waals surface area (Å²) in [5, 5.41) is 6.28. The fourth-order valence-corrected chi connectivity index (χ4v) is 5.01. The predicted octanol–water partition coefficient (Wildman–Crippen LogP) is 5.31. The van der Waals surface area contributed by atoms with Gasteiger partial charge in [-0.3, -0.25) is 9.52 Å². The molecule has 0 spiro atoms. The molecule has 1 fully saturated rings. The van der Waals surface area contributed by atoms with E-state index in [2.05, 4.69) is 20.3 Å². The van der Waals surface area contributed by atoms with Gasteiger partial charge in [0.15, 0.2) is 0 Å². The minimum atomic E-state index is -4.66. The molecule has 0 bridgehead atoms. The van der Waals surface area contributed by atoms with Gasteiger partial charge in [-0.15, -0.1) is 0 Å². The molecule has 37 heavy (non-hydrogen) atoms. The summed E-state index contributed by atoms with van der Waals surface area (Å²) in [5.74, 6) is -1.09. The molecule has 4 rings (SSSR count). The van der Waals surface area contributed by atoms with Crippen LogP contribution in [-0.4, -0.2) is 37.1 Å². The van der Waals surface area contributed by atoms with Crippen molar-refractivity contribution in [2.75, 3.05) is 15.8 Å². The molecule has 1 aliphatic rings. The highest BCUT2D eigenvalue weighted by Crippen LogP contribution is 2.34. The molecule has 1 saturated carbocycles. The Morgan fingerprint density at radius 2 is 1.84 bits per heavy atom. The maximum Gasteiger partial charge on any atom is 0.433 e. The zero-order valence-electron chi connectivity index (χ0n) is 19.9. The van der Waals surface area contributed by atoms with Crippen LogP contribution in [0.5, 0.6) is 0 Å². The molecule has 1 aromatic heterocycles. The van der Waals surface area contributed by atoms with Gasteiger partial charge < -0.3 is 10.6 Å². The quantitative estimate of drug-likeness (QED) is 0.354. The fourth-order valence-electron chi connectivity index (χ4n) is 4.38. The predicted molar refractivity (Wildman–Crippen MR) is 133 cm³/mol. The number of benzene rings is 2. The van der Waals surface area contributed by atoms with Crippen molar-refractivity contribution < 1.29 is 30.8 Å². The summed E-state index contributed by atoms with van der Waals surface area (Å²) in [6, 6.07) is 9.89. The summed E-state index contributed by atoms with van der Waals surface area (Å²) in [6.07, 6.45) is -2.19. The molecule has 12 heteroatoms. The van der Waals surface area contributed by atoms with Crippen LogP contribution in [0.3, 0.4) is 0 Å². The SMILES string of the molecule is CCS(=O)(=O)Nc1cccc(C(=O)N[C@@H]2CCC[C@H](Nc3cc(C(F)(F)F)nc4ccc(F)cc34)C2)c1. The van der Waals surface area contributed by atoms with Crippen molar-refractivity contribution in [3.8, 4) is 0 Å². The van der Waals surface area contributed by atoms with Gasteiger partial charge in [0.25, 0.3) is 5.91 Å². The Labute approximate surface area is 211 Å². The maximum absolute atomic E-state index is 13.9. The van der Waals surface area contributed by atoms with Crippen molar-refractivity contribution in [1.29, 1.82) is 0 Å². The lowest BCUT2D eigenvalue weighted by Crippen LogP contribution is -2.41. The minimum absolute atomic E-state index is 0.0259. The van der Waals surface area contributed by atoms with Gasteiger partial charge in [-0.1, -0.05) is 6.07 Å². The van der Waals surface area contributed by atoms with Crippen LogP contribution in [0.25, 0.3) is 10.9 Å². The molecule has 0 radical (unpaired) electrons. The Bertz CT molecular complexity index is 1410. The molecule has 0 unspecified atom stereocenters. The number of halogens is 4. The zero-order valence-corrected chi connectivity index (χ0v) is 20.7. The van der Waals surface area contributed by atoms with Crippen LogP contribution in [-0.2, 0) is 16.2 Å². The number of anilines is 2. The monoisotopic (exact) mass is 538 g/mol. The van der Waals surface area contributed by atoms with E-state index in [-0.39, 0.29) is 51.6 Å². The third-order valence-electron chi connectivity index (χ3n) is 6.21. The molecule has 3 N–H and O–H groups in total. The number of sulfonamides is 1. The van der Waals surface area contributed by atoms with Crippen LogP contribution in [0.15, 0.2) is 48.5 Å². The molecular weight excluding hydrogens is 512 g/mol. The summed E-state index contributed by atoms with van der Waals surface area (Å²) in [7, 11) is -3.50. The zero-order chi connectivity index (χ0) is 26.8. The number of fused-ring (bicyclic) bond motifs is 1. The fraction of sp³-hybridized carbons (Fsp3) is 0.360. The summed E-state index contributed by atoms with van der Waals surface area (Å²) >= 11 is 0. The Balaban J connectivity index is 1.49. The number of nitrogens with zero attached hydrogens (tertiary/aromatic N) is 1. The molecule has 1 heterocycles. The van der Waals surface area contributed by atoms with Gasteiger partial charge in [0.2, 0.25) is 10.0 Å². The standard InChI is InChI=1S/C25H26F4N4O3S/c1-2-37(35,36)33-19-8-3-5-15(11-19)24(34)31-18-7-4-6-17(13-18)30-22-14-23(25(27,28)29)32-21-10-9-16(26)12-20(21)22/h3,5,8-12,14,17-18,33H,2,4,6-7,13H2,1H3,(H,30,32)(H,31,34)/t17-,18+/m0/s1. The normalized spacial score (nSPS) is 18.4. The first kappa shape index (κ1) is 26.6. The van der Waals surface area contributed by atoms with Crippen molar-refractivity contribution in [1.82, 2.24) is 10.3 Å². The van der Waals surface area contributed by atoms with Crippen LogP contribution < -0.4 is 15.4 Å².